The van der Waals surface area contributed by atoms with E-state index in [1.54, 1.807) is 6.20 Å². The van der Waals surface area contributed by atoms with Crippen molar-refractivity contribution in [3.05, 3.63) is 53.9 Å². The second-order valence-electron chi connectivity index (χ2n) is 7.75. The minimum absolute atomic E-state index is 0.120. The maximum atomic E-state index is 12.2. The van der Waals surface area contributed by atoms with Crippen LogP contribution in [-0.2, 0) is 17.9 Å². The van der Waals surface area contributed by atoms with E-state index in [0.717, 1.165) is 31.9 Å². The number of hydrogen-bond acceptors (Lipinski definition) is 3. The topological polar surface area (TPSA) is 83.3 Å². The quantitative estimate of drug-likeness (QED) is 0.438. The molecule has 7 nitrogen and oxygen atoms in total. The van der Waals surface area contributed by atoms with Gasteiger partial charge in [-0.05, 0) is 37.0 Å². The minimum atomic E-state index is 0.120. The van der Waals surface area contributed by atoms with Gasteiger partial charge in [0, 0.05) is 37.9 Å². The lowest BCUT2D eigenvalue weighted by Gasteiger charge is -2.22. The lowest BCUT2D eigenvalue weighted by atomic mass is 9.95. The first kappa shape index (κ1) is 21.9. The molecule has 162 valence electrons. The lowest BCUT2D eigenvalue weighted by molar-refractivity contribution is -0.121. The minimum Gasteiger partial charge on any atom is -0.357 e. The van der Waals surface area contributed by atoms with Crippen molar-refractivity contribution in [3.8, 4) is 0 Å². The Hall–Kier alpha value is -2.83. The second-order valence-corrected chi connectivity index (χ2v) is 7.75. The summed E-state index contributed by atoms with van der Waals surface area (Å²) in [6.45, 7) is 4.68. The first-order valence-electron chi connectivity index (χ1n) is 11.1. The molecule has 0 spiro atoms. The van der Waals surface area contributed by atoms with E-state index in [1.807, 2.05) is 36.0 Å². The zero-order valence-corrected chi connectivity index (χ0v) is 17.9. The normalized spacial score (nSPS) is 15.0. The number of nitrogens with one attached hydrogen (secondary N) is 3. The first-order valence-corrected chi connectivity index (χ1v) is 11.1. The summed E-state index contributed by atoms with van der Waals surface area (Å²) >= 11 is 0. The van der Waals surface area contributed by atoms with Gasteiger partial charge in [0.05, 0.1) is 13.1 Å². The predicted molar refractivity (Wildman–Crippen MR) is 120 cm³/mol. The Labute approximate surface area is 179 Å². The third kappa shape index (κ3) is 7.21. The van der Waals surface area contributed by atoms with E-state index < -0.39 is 0 Å². The summed E-state index contributed by atoms with van der Waals surface area (Å²) in [4.78, 5) is 16.9. The summed E-state index contributed by atoms with van der Waals surface area (Å²) in [5, 5.41) is 14.0. The average Bonchev–Trinajstić information content (AvgIpc) is 3.27. The number of carbonyl (C=O) groups is 1. The highest BCUT2D eigenvalue weighted by Gasteiger charge is 2.15. The highest BCUT2D eigenvalue weighted by molar-refractivity contribution is 5.81. The van der Waals surface area contributed by atoms with Gasteiger partial charge in [-0.1, -0.05) is 43.5 Å². The Bertz CT molecular complexity index is 796. The van der Waals surface area contributed by atoms with Crippen molar-refractivity contribution in [2.24, 2.45) is 4.99 Å². The van der Waals surface area contributed by atoms with Crippen LogP contribution < -0.4 is 16.0 Å². The van der Waals surface area contributed by atoms with E-state index in [-0.39, 0.29) is 5.91 Å². The van der Waals surface area contributed by atoms with Crippen LogP contribution in [0.15, 0.2) is 47.7 Å². The molecule has 0 bridgehead atoms. The van der Waals surface area contributed by atoms with Gasteiger partial charge in [0.2, 0.25) is 5.91 Å². The summed E-state index contributed by atoms with van der Waals surface area (Å²) < 4.78 is 1.91. The lowest BCUT2D eigenvalue weighted by Crippen LogP contribution is -2.41. The third-order valence-corrected chi connectivity index (χ3v) is 5.38. The SMILES string of the molecule is CCNC(=NCc1ccccc1Cn1cccn1)NCCC(=O)NC1CCCCC1. The van der Waals surface area contributed by atoms with Crippen LogP contribution >= 0.6 is 0 Å². The van der Waals surface area contributed by atoms with E-state index in [4.69, 9.17) is 4.99 Å². The van der Waals surface area contributed by atoms with E-state index in [2.05, 4.69) is 33.2 Å². The van der Waals surface area contributed by atoms with Gasteiger partial charge in [0.25, 0.3) is 0 Å². The van der Waals surface area contributed by atoms with E-state index in [0.29, 0.717) is 25.6 Å². The number of benzene rings is 1. The molecule has 0 unspecified atom stereocenters. The van der Waals surface area contributed by atoms with Crippen LogP contribution in [0.25, 0.3) is 0 Å². The fourth-order valence-corrected chi connectivity index (χ4v) is 3.78. The molecular formula is C23H34N6O. The third-order valence-electron chi connectivity index (χ3n) is 5.38. The zero-order valence-electron chi connectivity index (χ0n) is 17.9. The van der Waals surface area contributed by atoms with Gasteiger partial charge in [0.15, 0.2) is 5.96 Å². The number of nitrogens with zero attached hydrogens (tertiary/aromatic N) is 3. The Morgan fingerprint density at radius 1 is 1.13 bits per heavy atom. The fourth-order valence-electron chi connectivity index (χ4n) is 3.78. The Morgan fingerprint density at radius 2 is 1.93 bits per heavy atom. The van der Waals surface area contributed by atoms with Crippen LogP contribution in [0.3, 0.4) is 0 Å². The van der Waals surface area contributed by atoms with Crippen molar-refractivity contribution < 1.29 is 4.79 Å². The van der Waals surface area contributed by atoms with E-state index in [9.17, 15) is 4.79 Å². The number of rotatable bonds is 9. The predicted octanol–water partition coefficient (Wildman–Crippen LogP) is 2.83. The summed E-state index contributed by atoms with van der Waals surface area (Å²) in [5.41, 5.74) is 2.37. The molecule has 1 aromatic heterocycles. The van der Waals surface area contributed by atoms with E-state index in [1.165, 1.54) is 30.4 Å². The maximum absolute atomic E-state index is 12.2. The zero-order chi connectivity index (χ0) is 21.0. The van der Waals surface area contributed by atoms with Crippen LogP contribution in [0, 0.1) is 0 Å². The molecule has 0 saturated heterocycles. The molecule has 3 rings (SSSR count). The summed E-state index contributed by atoms with van der Waals surface area (Å²) in [5.74, 6) is 0.853. The smallest absolute Gasteiger partial charge is 0.221 e. The van der Waals surface area contributed by atoms with Crippen LogP contribution in [0.2, 0.25) is 0 Å². The molecule has 1 aromatic carbocycles. The fraction of sp³-hybridized carbons (Fsp3) is 0.522. The van der Waals surface area contributed by atoms with Crippen LogP contribution in [0.1, 0.15) is 56.6 Å². The van der Waals surface area contributed by atoms with Crippen LogP contribution in [-0.4, -0.2) is 40.8 Å². The number of carbonyl (C=O) groups excluding carboxylic acids is 1. The summed E-state index contributed by atoms with van der Waals surface area (Å²) in [7, 11) is 0. The standard InChI is InChI=1S/C23H34N6O/c1-2-24-23(25-15-13-22(30)28-21-11-4-3-5-12-21)26-17-19-9-6-7-10-20(19)18-29-16-8-14-27-29/h6-10,14,16,21H,2-5,11-13,15,17-18H2,1H3,(H,28,30)(H2,24,25,26). The molecule has 7 heteroatoms. The molecule has 2 aromatic rings. The van der Waals surface area contributed by atoms with Crippen LogP contribution in [0.4, 0.5) is 0 Å². The Morgan fingerprint density at radius 3 is 2.67 bits per heavy atom. The van der Waals surface area contributed by atoms with Crippen molar-refractivity contribution in [2.75, 3.05) is 13.1 Å². The molecular weight excluding hydrogens is 376 g/mol. The highest BCUT2D eigenvalue weighted by atomic mass is 16.1. The van der Waals surface area contributed by atoms with Crippen molar-refractivity contribution in [1.29, 1.82) is 0 Å². The molecule has 0 atom stereocenters. The molecule has 1 aliphatic rings. The molecule has 30 heavy (non-hydrogen) atoms. The molecule has 1 fully saturated rings. The van der Waals surface area contributed by atoms with Gasteiger partial charge >= 0.3 is 0 Å². The monoisotopic (exact) mass is 410 g/mol. The van der Waals surface area contributed by atoms with Crippen molar-refractivity contribution >= 4 is 11.9 Å². The highest BCUT2D eigenvalue weighted by Crippen LogP contribution is 2.17. The number of aromatic nitrogens is 2. The molecule has 0 radical (unpaired) electrons. The number of guanidine groups is 1. The number of hydrogen-bond donors (Lipinski definition) is 3. The van der Waals surface area contributed by atoms with Gasteiger partial charge in [-0.2, -0.15) is 5.10 Å². The van der Waals surface area contributed by atoms with Crippen molar-refractivity contribution in [3.63, 3.8) is 0 Å². The maximum Gasteiger partial charge on any atom is 0.221 e. The second kappa shape index (κ2) is 12.0. The van der Waals surface area contributed by atoms with Crippen molar-refractivity contribution in [1.82, 2.24) is 25.7 Å². The number of aliphatic imine (C=N–C) groups is 1. The van der Waals surface area contributed by atoms with Gasteiger partial charge in [-0.3, -0.25) is 9.48 Å². The Kier molecular flexibility index (Phi) is 8.75. The van der Waals surface area contributed by atoms with E-state index >= 15 is 0 Å². The largest absolute Gasteiger partial charge is 0.357 e. The number of amides is 1. The Balaban J connectivity index is 1.50. The van der Waals surface area contributed by atoms with Gasteiger partial charge in [-0.15, -0.1) is 0 Å². The molecule has 1 saturated carbocycles. The average molecular weight is 411 g/mol. The molecule has 1 aliphatic carbocycles. The van der Waals surface area contributed by atoms with Gasteiger partial charge in [-0.25, -0.2) is 4.99 Å². The van der Waals surface area contributed by atoms with Crippen LogP contribution in [0.5, 0.6) is 0 Å². The van der Waals surface area contributed by atoms with Gasteiger partial charge < -0.3 is 16.0 Å². The molecule has 1 amide bonds. The van der Waals surface area contributed by atoms with Gasteiger partial charge in [0.1, 0.15) is 0 Å². The molecule has 3 N–H and O–H groups in total. The van der Waals surface area contributed by atoms with Crippen molar-refractivity contribution in [2.45, 2.75) is 64.6 Å². The summed E-state index contributed by atoms with van der Waals surface area (Å²) in [6.07, 6.45) is 10.2. The molecule has 1 heterocycles. The molecule has 0 aliphatic heterocycles. The first-order chi connectivity index (χ1) is 14.7. The summed E-state index contributed by atoms with van der Waals surface area (Å²) in [6, 6.07) is 10.6.